The third-order valence-corrected chi connectivity index (χ3v) is 6.64. The number of H-pyrrole nitrogens is 1. The Kier molecular flexibility index (Phi) is 6.56. The molecule has 0 spiro atoms. The number of nitrogens with one attached hydrogen (secondary N) is 2. The van der Waals surface area contributed by atoms with Gasteiger partial charge in [0.1, 0.15) is 12.4 Å². The standard InChI is InChI=1S/C23H22ClN3O3S/c24-19-5-8-21(9-6-19)31(28,29)27-12-2-4-18-15-26-23-10-7-20(13-22(18)23)30-16-17-3-1-11-25-14-17/h1,3,5-11,13-15,26-27H,2,4,12,16H2. The minimum Gasteiger partial charge on any atom is -0.489 e. The van der Waals surface area contributed by atoms with Gasteiger partial charge >= 0.3 is 0 Å². The minimum absolute atomic E-state index is 0.208. The molecule has 0 saturated carbocycles. The smallest absolute Gasteiger partial charge is 0.240 e. The zero-order valence-corrected chi connectivity index (χ0v) is 18.3. The number of rotatable bonds is 9. The fraction of sp³-hybridized carbons (Fsp3) is 0.174. The van der Waals surface area contributed by atoms with Crippen LogP contribution in [0.15, 0.2) is 78.1 Å². The summed E-state index contributed by atoms with van der Waals surface area (Å²) in [7, 11) is -3.54. The maximum Gasteiger partial charge on any atom is 0.240 e. The van der Waals surface area contributed by atoms with E-state index in [9.17, 15) is 8.42 Å². The molecule has 0 radical (unpaired) electrons. The van der Waals surface area contributed by atoms with Crippen molar-refractivity contribution in [3.63, 3.8) is 0 Å². The van der Waals surface area contributed by atoms with Gasteiger partial charge < -0.3 is 9.72 Å². The molecule has 0 fully saturated rings. The molecule has 0 amide bonds. The first-order valence-electron chi connectivity index (χ1n) is 9.88. The van der Waals surface area contributed by atoms with Crippen molar-refractivity contribution in [1.29, 1.82) is 0 Å². The number of aromatic amines is 1. The summed E-state index contributed by atoms with van der Waals surface area (Å²) in [5.74, 6) is 0.778. The normalized spacial score (nSPS) is 11.6. The van der Waals surface area contributed by atoms with Gasteiger partial charge in [0, 0.05) is 46.6 Å². The number of hydrogen-bond acceptors (Lipinski definition) is 4. The Bertz CT molecular complexity index is 1260. The van der Waals surface area contributed by atoms with Crippen molar-refractivity contribution in [1.82, 2.24) is 14.7 Å². The Morgan fingerprint density at radius 1 is 1.10 bits per heavy atom. The molecule has 0 aliphatic heterocycles. The van der Waals surface area contributed by atoms with Crippen LogP contribution in [-0.2, 0) is 23.1 Å². The lowest BCUT2D eigenvalue weighted by atomic mass is 10.1. The second-order valence-corrected chi connectivity index (χ2v) is 9.33. The molecular weight excluding hydrogens is 434 g/mol. The first-order chi connectivity index (χ1) is 15.0. The van der Waals surface area contributed by atoms with E-state index in [-0.39, 0.29) is 4.90 Å². The lowest BCUT2D eigenvalue weighted by molar-refractivity contribution is 0.306. The number of aryl methyl sites for hydroxylation is 1. The highest BCUT2D eigenvalue weighted by Gasteiger charge is 2.13. The first kappa shape index (κ1) is 21.4. The Balaban J connectivity index is 1.35. The average Bonchev–Trinajstić information content (AvgIpc) is 3.18. The number of nitrogens with zero attached hydrogens (tertiary/aromatic N) is 1. The Labute approximate surface area is 186 Å². The number of halogens is 1. The van der Waals surface area contributed by atoms with Crippen molar-refractivity contribution in [2.45, 2.75) is 24.3 Å². The molecule has 2 aromatic heterocycles. The van der Waals surface area contributed by atoms with Crippen LogP contribution in [0.25, 0.3) is 10.9 Å². The molecule has 0 aliphatic carbocycles. The molecule has 8 heteroatoms. The summed E-state index contributed by atoms with van der Waals surface area (Å²) in [6.07, 6.45) is 6.88. The molecule has 6 nitrogen and oxygen atoms in total. The zero-order valence-electron chi connectivity index (χ0n) is 16.7. The Morgan fingerprint density at radius 2 is 1.94 bits per heavy atom. The third kappa shape index (κ3) is 5.44. The number of sulfonamides is 1. The summed E-state index contributed by atoms with van der Waals surface area (Å²) in [5.41, 5.74) is 3.14. The van der Waals surface area contributed by atoms with Gasteiger partial charge in [-0.15, -0.1) is 0 Å². The lowest BCUT2D eigenvalue weighted by Gasteiger charge is -2.08. The van der Waals surface area contributed by atoms with Gasteiger partial charge in [0.2, 0.25) is 10.0 Å². The predicted octanol–water partition coefficient (Wildman–Crippen LogP) is 4.71. The van der Waals surface area contributed by atoms with E-state index in [1.54, 1.807) is 24.5 Å². The predicted molar refractivity (Wildman–Crippen MR) is 122 cm³/mol. The van der Waals surface area contributed by atoms with Gasteiger partial charge in [-0.3, -0.25) is 4.98 Å². The molecule has 160 valence electrons. The van der Waals surface area contributed by atoms with Crippen LogP contribution in [0.2, 0.25) is 5.02 Å². The van der Waals surface area contributed by atoms with Crippen LogP contribution in [0.1, 0.15) is 17.5 Å². The molecule has 4 aromatic rings. The number of hydrogen-bond donors (Lipinski definition) is 2. The van der Waals surface area contributed by atoms with Crippen LogP contribution < -0.4 is 9.46 Å². The summed E-state index contributed by atoms with van der Waals surface area (Å²) < 4.78 is 33.3. The molecule has 2 N–H and O–H groups in total. The molecule has 0 bridgehead atoms. The van der Waals surface area contributed by atoms with Crippen LogP contribution >= 0.6 is 11.6 Å². The highest BCUT2D eigenvalue weighted by Crippen LogP contribution is 2.25. The zero-order chi connectivity index (χ0) is 21.7. The van der Waals surface area contributed by atoms with Crippen molar-refractivity contribution in [3.05, 3.63) is 89.3 Å². The molecule has 2 aromatic carbocycles. The van der Waals surface area contributed by atoms with Crippen molar-refractivity contribution < 1.29 is 13.2 Å². The van der Waals surface area contributed by atoms with Crippen molar-refractivity contribution in [2.75, 3.05) is 6.54 Å². The van der Waals surface area contributed by atoms with Gasteiger partial charge in [0.25, 0.3) is 0 Å². The van der Waals surface area contributed by atoms with E-state index in [1.165, 1.54) is 12.1 Å². The number of pyridine rings is 1. The monoisotopic (exact) mass is 455 g/mol. The molecule has 2 heterocycles. The van der Waals surface area contributed by atoms with Crippen LogP contribution in [-0.4, -0.2) is 24.9 Å². The van der Waals surface area contributed by atoms with Gasteiger partial charge in [0.15, 0.2) is 0 Å². The quantitative estimate of drug-likeness (QED) is 0.358. The SMILES string of the molecule is O=S(=O)(NCCCc1c[nH]c2ccc(OCc3cccnc3)cc12)c1ccc(Cl)cc1. The third-order valence-electron chi connectivity index (χ3n) is 4.91. The highest BCUT2D eigenvalue weighted by atomic mass is 35.5. The van der Waals surface area contributed by atoms with Crippen LogP contribution in [0.4, 0.5) is 0 Å². The van der Waals surface area contributed by atoms with E-state index in [1.807, 2.05) is 36.5 Å². The van der Waals surface area contributed by atoms with Gasteiger partial charge in [-0.1, -0.05) is 17.7 Å². The molecule has 0 aliphatic rings. The molecule has 4 rings (SSSR count). The largest absolute Gasteiger partial charge is 0.489 e. The first-order valence-corrected chi connectivity index (χ1v) is 11.7. The number of ether oxygens (including phenoxy) is 1. The van der Waals surface area contributed by atoms with E-state index in [4.69, 9.17) is 16.3 Å². The molecule has 0 atom stereocenters. The van der Waals surface area contributed by atoms with E-state index in [0.717, 1.165) is 34.2 Å². The molecule has 31 heavy (non-hydrogen) atoms. The maximum absolute atomic E-state index is 12.4. The molecular formula is C23H22ClN3O3S. The van der Waals surface area contributed by atoms with Crippen LogP contribution in [0, 0.1) is 0 Å². The Hall–Kier alpha value is -2.87. The summed E-state index contributed by atoms with van der Waals surface area (Å²) in [6, 6.07) is 15.9. The summed E-state index contributed by atoms with van der Waals surface area (Å²) in [4.78, 5) is 7.56. The van der Waals surface area contributed by atoms with E-state index < -0.39 is 10.0 Å². The van der Waals surface area contributed by atoms with E-state index in [2.05, 4.69) is 14.7 Å². The van der Waals surface area contributed by atoms with Gasteiger partial charge in [-0.2, -0.15) is 0 Å². The van der Waals surface area contributed by atoms with E-state index in [0.29, 0.717) is 24.6 Å². The molecule has 0 saturated heterocycles. The highest BCUT2D eigenvalue weighted by molar-refractivity contribution is 7.89. The molecule has 0 unspecified atom stereocenters. The Morgan fingerprint density at radius 3 is 2.71 bits per heavy atom. The number of fused-ring (bicyclic) bond motifs is 1. The van der Waals surface area contributed by atoms with Crippen LogP contribution in [0.5, 0.6) is 5.75 Å². The maximum atomic E-state index is 12.4. The summed E-state index contributed by atoms with van der Waals surface area (Å²) in [6.45, 7) is 0.792. The summed E-state index contributed by atoms with van der Waals surface area (Å²) >= 11 is 5.83. The van der Waals surface area contributed by atoms with Crippen molar-refractivity contribution >= 4 is 32.5 Å². The average molecular weight is 456 g/mol. The van der Waals surface area contributed by atoms with E-state index >= 15 is 0 Å². The number of benzene rings is 2. The second kappa shape index (κ2) is 9.51. The minimum atomic E-state index is -3.54. The fourth-order valence-corrected chi connectivity index (χ4v) is 4.49. The van der Waals surface area contributed by atoms with Crippen molar-refractivity contribution in [2.24, 2.45) is 0 Å². The fourth-order valence-electron chi connectivity index (χ4n) is 3.29. The second-order valence-electron chi connectivity index (χ2n) is 7.13. The van der Waals surface area contributed by atoms with Gasteiger partial charge in [0.05, 0.1) is 4.90 Å². The topological polar surface area (TPSA) is 84.1 Å². The summed E-state index contributed by atoms with van der Waals surface area (Å²) in [5, 5.41) is 1.58. The van der Waals surface area contributed by atoms with Crippen LogP contribution in [0.3, 0.4) is 0 Å². The van der Waals surface area contributed by atoms with Gasteiger partial charge in [-0.25, -0.2) is 13.1 Å². The van der Waals surface area contributed by atoms with Crippen molar-refractivity contribution in [3.8, 4) is 5.75 Å². The lowest BCUT2D eigenvalue weighted by Crippen LogP contribution is -2.25. The van der Waals surface area contributed by atoms with Gasteiger partial charge in [-0.05, 0) is 66.9 Å². The number of aromatic nitrogens is 2.